The van der Waals surface area contributed by atoms with E-state index in [9.17, 15) is 9.59 Å². The average molecular weight is 468 g/mol. The minimum absolute atomic E-state index is 0.0621. The lowest BCUT2D eigenvalue weighted by molar-refractivity contribution is 0.0476. The predicted octanol–water partition coefficient (Wildman–Crippen LogP) is 6.70. The van der Waals surface area contributed by atoms with Gasteiger partial charge in [-0.2, -0.15) is 0 Å². The van der Waals surface area contributed by atoms with Crippen molar-refractivity contribution in [1.82, 2.24) is 4.98 Å². The van der Waals surface area contributed by atoms with E-state index in [1.54, 1.807) is 6.07 Å². The molecular weight excluding hydrogens is 442 g/mol. The highest BCUT2D eigenvalue weighted by Crippen LogP contribution is 2.29. The van der Waals surface area contributed by atoms with Crippen LogP contribution in [0.2, 0.25) is 0 Å². The monoisotopic (exact) mass is 467 g/mol. The second-order valence-corrected chi connectivity index (χ2v) is 9.01. The Bertz CT molecular complexity index is 1640. The van der Waals surface area contributed by atoms with E-state index in [1.165, 1.54) is 6.07 Å². The second kappa shape index (κ2) is 8.87. The maximum Gasteiger partial charge on any atom is 0.339 e. The summed E-state index contributed by atoms with van der Waals surface area (Å²) in [4.78, 5) is 30.1. The van der Waals surface area contributed by atoms with Crippen LogP contribution in [0.4, 0.5) is 0 Å². The maximum atomic E-state index is 13.3. The molecule has 0 saturated carbocycles. The van der Waals surface area contributed by atoms with Gasteiger partial charge in [0, 0.05) is 22.4 Å². The zero-order valence-corrected chi connectivity index (χ0v) is 20.0. The largest absolute Gasteiger partial charge is 0.460 e. The SMILES string of the molecule is Cc1ccc(-c2cc(C(=O)OCc3cc(=O)oc4cc(C)c(C(C)C)cc34)c3ccccc3n2)o1. The number of pyridine rings is 1. The Labute approximate surface area is 202 Å². The van der Waals surface area contributed by atoms with Gasteiger partial charge in [-0.25, -0.2) is 14.6 Å². The van der Waals surface area contributed by atoms with Crippen LogP contribution in [0.15, 0.2) is 74.3 Å². The van der Waals surface area contributed by atoms with E-state index < -0.39 is 11.6 Å². The number of nitrogens with zero attached hydrogens (tertiary/aromatic N) is 1. The molecule has 0 bridgehead atoms. The number of carbonyl (C=O) groups excluding carboxylic acids is 1. The van der Waals surface area contributed by atoms with E-state index >= 15 is 0 Å². The van der Waals surface area contributed by atoms with Gasteiger partial charge in [0.15, 0.2) is 5.76 Å². The summed E-state index contributed by atoms with van der Waals surface area (Å²) >= 11 is 0. The van der Waals surface area contributed by atoms with E-state index in [2.05, 4.69) is 18.8 Å². The van der Waals surface area contributed by atoms with Gasteiger partial charge in [0.2, 0.25) is 0 Å². The third kappa shape index (κ3) is 4.35. The highest BCUT2D eigenvalue weighted by molar-refractivity contribution is 6.04. The van der Waals surface area contributed by atoms with Crippen molar-refractivity contribution in [3.63, 3.8) is 0 Å². The normalized spacial score (nSPS) is 11.5. The summed E-state index contributed by atoms with van der Waals surface area (Å²) in [6.45, 7) is 8.01. The van der Waals surface area contributed by atoms with Crippen molar-refractivity contribution in [1.29, 1.82) is 0 Å². The van der Waals surface area contributed by atoms with E-state index in [0.717, 1.165) is 22.3 Å². The molecule has 5 rings (SSSR count). The van der Waals surface area contributed by atoms with Crippen LogP contribution >= 0.6 is 0 Å². The Balaban J connectivity index is 1.53. The molecule has 3 aromatic heterocycles. The van der Waals surface area contributed by atoms with Gasteiger partial charge in [-0.15, -0.1) is 0 Å². The summed E-state index contributed by atoms with van der Waals surface area (Å²) in [5.41, 5.74) is 4.39. The fourth-order valence-electron chi connectivity index (χ4n) is 4.40. The van der Waals surface area contributed by atoms with Gasteiger partial charge < -0.3 is 13.6 Å². The van der Waals surface area contributed by atoms with Crippen LogP contribution in [0.1, 0.15) is 52.6 Å². The summed E-state index contributed by atoms with van der Waals surface area (Å²) in [5.74, 6) is 1.12. The Hall–Kier alpha value is -4.19. The van der Waals surface area contributed by atoms with Crippen LogP contribution in [0.3, 0.4) is 0 Å². The first-order chi connectivity index (χ1) is 16.8. The molecule has 6 nitrogen and oxygen atoms in total. The molecular formula is C29H25NO5. The molecule has 5 aromatic rings. The van der Waals surface area contributed by atoms with Crippen molar-refractivity contribution in [2.75, 3.05) is 0 Å². The van der Waals surface area contributed by atoms with Gasteiger partial charge in [-0.05, 0) is 67.3 Å². The molecule has 3 heterocycles. The third-order valence-electron chi connectivity index (χ3n) is 6.13. The smallest absolute Gasteiger partial charge is 0.339 e. The lowest BCUT2D eigenvalue weighted by Crippen LogP contribution is -2.09. The lowest BCUT2D eigenvalue weighted by atomic mass is 9.95. The van der Waals surface area contributed by atoms with E-state index in [-0.39, 0.29) is 6.61 Å². The van der Waals surface area contributed by atoms with Crippen molar-refractivity contribution >= 4 is 27.8 Å². The van der Waals surface area contributed by atoms with Gasteiger partial charge in [0.1, 0.15) is 23.6 Å². The molecule has 35 heavy (non-hydrogen) atoms. The van der Waals surface area contributed by atoms with Gasteiger partial charge in [0.05, 0.1) is 11.1 Å². The molecule has 0 N–H and O–H groups in total. The third-order valence-corrected chi connectivity index (χ3v) is 6.13. The van der Waals surface area contributed by atoms with Crippen molar-refractivity contribution in [2.45, 2.75) is 40.2 Å². The Morgan fingerprint density at radius 2 is 1.77 bits per heavy atom. The van der Waals surface area contributed by atoms with E-state index in [1.807, 2.05) is 62.4 Å². The minimum atomic E-state index is -0.509. The van der Waals surface area contributed by atoms with Crippen molar-refractivity contribution in [3.05, 3.63) is 99.1 Å². The highest BCUT2D eigenvalue weighted by Gasteiger charge is 2.18. The molecule has 2 aromatic carbocycles. The number of fused-ring (bicyclic) bond motifs is 2. The van der Waals surface area contributed by atoms with Crippen LogP contribution in [-0.4, -0.2) is 11.0 Å². The van der Waals surface area contributed by atoms with Crippen LogP contribution in [0, 0.1) is 13.8 Å². The summed E-state index contributed by atoms with van der Waals surface area (Å²) in [5, 5.41) is 1.44. The van der Waals surface area contributed by atoms with Crippen LogP contribution < -0.4 is 5.63 Å². The molecule has 0 spiro atoms. The molecule has 0 atom stereocenters. The van der Waals surface area contributed by atoms with E-state index in [4.69, 9.17) is 13.6 Å². The lowest BCUT2D eigenvalue weighted by Gasteiger charge is -2.13. The molecule has 0 amide bonds. The molecule has 0 fully saturated rings. The van der Waals surface area contributed by atoms with Crippen LogP contribution in [-0.2, 0) is 11.3 Å². The van der Waals surface area contributed by atoms with Crippen molar-refractivity contribution < 1.29 is 18.4 Å². The number of furan rings is 1. The number of rotatable bonds is 5. The predicted molar refractivity (Wildman–Crippen MR) is 135 cm³/mol. The maximum absolute atomic E-state index is 13.3. The highest BCUT2D eigenvalue weighted by atomic mass is 16.5. The zero-order chi connectivity index (χ0) is 24.7. The van der Waals surface area contributed by atoms with E-state index in [0.29, 0.717) is 45.0 Å². The van der Waals surface area contributed by atoms with Crippen molar-refractivity contribution in [3.8, 4) is 11.5 Å². The Kier molecular flexibility index (Phi) is 5.73. The Morgan fingerprint density at radius 1 is 0.971 bits per heavy atom. The second-order valence-electron chi connectivity index (χ2n) is 9.01. The molecule has 0 aliphatic heterocycles. The summed E-state index contributed by atoms with van der Waals surface area (Å²) in [7, 11) is 0. The summed E-state index contributed by atoms with van der Waals surface area (Å²) in [6, 6.07) is 18.0. The van der Waals surface area contributed by atoms with Gasteiger partial charge in [0.25, 0.3) is 0 Å². The Morgan fingerprint density at radius 3 is 2.51 bits per heavy atom. The van der Waals surface area contributed by atoms with Crippen molar-refractivity contribution in [2.24, 2.45) is 0 Å². The number of aryl methyl sites for hydroxylation is 2. The summed E-state index contributed by atoms with van der Waals surface area (Å²) in [6.07, 6.45) is 0. The number of esters is 1. The number of hydrogen-bond acceptors (Lipinski definition) is 6. The molecule has 0 saturated heterocycles. The van der Waals surface area contributed by atoms with Gasteiger partial charge in [-0.3, -0.25) is 0 Å². The quantitative estimate of drug-likeness (QED) is 0.211. The first kappa shape index (κ1) is 22.6. The molecule has 0 aliphatic rings. The number of aromatic nitrogens is 1. The number of para-hydroxylation sites is 1. The number of carbonyl (C=O) groups is 1. The fourth-order valence-corrected chi connectivity index (χ4v) is 4.40. The number of benzene rings is 2. The molecule has 0 unspecified atom stereocenters. The van der Waals surface area contributed by atoms with Gasteiger partial charge in [-0.1, -0.05) is 32.0 Å². The number of ether oxygens (including phenoxy) is 1. The summed E-state index contributed by atoms with van der Waals surface area (Å²) < 4.78 is 16.9. The average Bonchev–Trinajstić information content (AvgIpc) is 3.27. The molecule has 176 valence electrons. The van der Waals surface area contributed by atoms with Crippen LogP contribution in [0.5, 0.6) is 0 Å². The number of hydrogen-bond donors (Lipinski definition) is 0. The fraction of sp³-hybridized carbons (Fsp3) is 0.207. The van der Waals surface area contributed by atoms with Gasteiger partial charge >= 0.3 is 11.6 Å². The first-order valence-electron chi connectivity index (χ1n) is 11.5. The first-order valence-corrected chi connectivity index (χ1v) is 11.5. The molecule has 0 radical (unpaired) electrons. The molecule has 0 aliphatic carbocycles. The standard InChI is InChI=1S/C29H25NO5/c1-16(2)21-13-22-19(12-28(31)35-27(22)11-17(21)3)15-33-29(32)23-14-25(26-10-9-18(4)34-26)30-24-8-6-5-7-20(23)24/h5-14,16H,15H2,1-4H3. The zero-order valence-electron chi connectivity index (χ0n) is 20.0. The minimum Gasteiger partial charge on any atom is -0.460 e. The topological polar surface area (TPSA) is 82.5 Å². The molecule has 6 heteroatoms. The van der Waals surface area contributed by atoms with Crippen LogP contribution in [0.25, 0.3) is 33.3 Å².